The smallest absolute Gasteiger partial charge is 0.335 e. The van der Waals surface area contributed by atoms with Crippen LogP contribution >= 0.6 is 11.8 Å². The summed E-state index contributed by atoms with van der Waals surface area (Å²) in [5.74, 6) is -1.02. The second kappa shape index (κ2) is 6.02. The predicted octanol–water partition coefficient (Wildman–Crippen LogP) is 2.71. The Hall–Kier alpha value is -2.92. The first-order chi connectivity index (χ1) is 10.0. The van der Waals surface area contributed by atoms with Gasteiger partial charge in [-0.2, -0.15) is 5.26 Å². The molecule has 0 spiro atoms. The molecule has 0 unspecified atom stereocenters. The molecule has 21 heavy (non-hydrogen) atoms. The summed E-state index contributed by atoms with van der Waals surface area (Å²) in [5.41, 5.74) is -0.441. The number of carboxylic acid groups (broad SMARTS) is 1. The molecule has 1 aromatic heterocycles. The molecular formula is C13H7N3O4S. The molecule has 0 aliphatic heterocycles. The summed E-state index contributed by atoms with van der Waals surface area (Å²) in [4.78, 5) is 25.4. The lowest BCUT2D eigenvalue weighted by Gasteiger charge is -2.02. The van der Waals surface area contributed by atoms with Gasteiger partial charge < -0.3 is 5.11 Å². The summed E-state index contributed by atoms with van der Waals surface area (Å²) in [5, 5.41) is 28.8. The third kappa shape index (κ3) is 3.34. The highest BCUT2D eigenvalue weighted by Crippen LogP contribution is 2.28. The molecule has 0 aliphatic rings. The van der Waals surface area contributed by atoms with Gasteiger partial charge in [-0.05, 0) is 30.3 Å². The molecule has 1 heterocycles. The van der Waals surface area contributed by atoms with Crippen molar-refractivity contribution in [3.8, 4) is 6.07 Å². The average Bonchev–Trinajstić information content (AvgIpc) is 2.47. The van der Waals surface area contributed by atoms with Gasteiger partial charge in [0.2, 0.25) is 5.69 Å². The standard InChI is InChI=1S/C13H7N3O4S/c14-7-10-11(16(19)20)5-6-12(15-10)21-9-3-1-8(2-4-9)13(17)18/h1-6H,(H,17,18). The highest BCUT2D eigenvalue weighted by Gasteiger charge is 2.16. The minimum Gasteiger partial charge on any atom is -0.478 e. The molecule has 0 atom stereocenters. The molecule has 0 radical (unpaired) electrons. The number of carbonyl (C=O) groups is 1. The number of aromatic nitrogens is 1. The van der Waals surface area contributed by atoms with Gasteiger partial charge in [0.25, 0.3) is 0 Å². The number of hydrogen-bond acceptors (Lipinski definition) is 6. The predicted molar refractivity (Wildman–Crippen MR) is 73.1 cm³/mol. The van der Waals surface area contributed by atoms with E-state index in [1.165, 1.54) is 36.0 Å². The zero-order chi connectivity index (χ0) is 15.4. The molecule has 0 amide bonds. The molecule has 0 fully saturated rings. The van der Waals surface area contributed by atoms with E-state index in [-0.39, 0.29) is 16.9 Å². The topological polar surface area (TPSA) is 117 Å². The van der Waals surface area contributed by atoms with E-state index in [0.29, 0.717) is 9.92 Å². The fraction of sp³-hybridized carbons (Fsp3) is 0. The third-order valence-corrected chi connectivity index (χ3v) is 3.42. The average molecular weight is 301 g/mol. The summed E-state index contributed by atoms with van der Waals surface area (Å²) in [7, 11) is 0. The number of nitriles is 1. The van der Waals surface area contributed by atoms with Crippen LogP contribution in [0.1, 0.15) is 16.1 Å². The van der Waals surface area contributed by atoms with E-state index in [2.05, 4.69) is 4.98 Å². The van der Waals surface area contributed by atoms with Crippen molar-refractivity contribution < 1.29 is 14.8 Å². The zero-order valence-electron chi connectivity index (χ0n) is 10.4. The van der Waals surface area contributed by atoms with E-state index < -0.39 is 10.9 Å². The third-order valence-electron chi connectivity index (χ3n) is 2.47. The number of aromatic carboxylic acids is 1. The van der Waals surface area contributed by atoms with Crippen LogP contribution in [0.4, 0.5) is 5.69 Å². The summed E-state index contributed by atoms with van der Waals surface area (Å²) < 4.78 is 0. The van der Waals surface area contributed by atoms with Gasteiger partial charge >= 0.3 is 11.7 Å². The van der Waals surface area contributed by atoms with Crippen LogP contribution in [0.25, 0.3) is 0 Å². The van der Waals surface area contributed by atoms with Crippen molar-refractivity contribution in [2.24, 2.45) is 0 Å². The second-order valence-corrected chi connectivity index (χ2v) is 4.91. The van der Waals surface area contributed by atoms with E-state index in [4.69, 9.17) is 10.4 Å². The van der Waals surface area contributed by atoms with Crippen LogP contribution in [0.15, 0.2) is 46.3 Å². The Balaban J connectivity index is 2.26. The van der Waals surface area contributed by atoms with Crippen molar-refractivity contribution in [3.05, 3.63) is 57.8 Å². The lowest BCUT2D eigenvalue weighted by Crippen LogP contribution is -1.96. The van der Waals surface area contributed by atoms with E-state index in [0.717, 1.165) is 0 Å². The van der Waals surface area contributed by atoms with E-state index in [1.807, 2.05) is 0 Å². The van der Waals surface area contributed by atoms with Crippen molar-refractivity contribution in [1.82, 2.24) is 4.98 Å². The number of benzene rings is 1. The molecule has 0 bridgehead atoms. The van der Waals surface area contributed by atoms with Crippen LogP contribution in [0.2, 0.25) is 0 Å². The minimum atomic E-state index is -1.02. The van der Waals surface area contributed by atoms with E-state index in [9.17, 15) is 14.9 Å². The number of carboxylic acids is 1. The second-order valence-electron chi connectivity index (χ2n) is 3.82. The van der Waals surface area contributed by atoms with Crippen LogP contribution in [-0.4, -0.2) is 21.0 Å². The Morgan fingerprint density at radius 2 is 1.95 bits per heavy atom. The molecule has 1 N–H and O–H groups in total. The lowest BCUT2D eigenvalue weighted by atomic mass is 10.2. The molecular weight excluding hydrogens is 294 g/mol. The Labute approximate surface area is 123 Å². The number of pyridine rings is 1. The molecule has 8 heteroatoms. The summed E-state index contributed by atoms with van der Waals surface area (Å²) in [6, 6.07) is 10.4. The number of hydrogen-bond donors (Lipinski definition) is 1. The Kier molecular flexibility index (Phi) is 4.15. The lowest BCUT2D eigenvalue weighted by molar-refractivity contribution is -0.385. The minimum absolute atomic E-state index is 0.161. The van der Waals surface area contributed by atoms with Crippen molar-refractivity contribution in [2.45, 2.75) is 9.92 Å². The first-order valence-electron chi connectivity index (χ1n) is 5.58. The van der Waals surface area contributed by atoms with Crippen molar-refractivity contribution in [3.63, 3.8) is 0 Å². The Morgan fingerprint density at radius 1 is 1.29 bits per heavy atom. The SMILES string of the molecule is N#Cc1nc(Sc2ccc(C(=O)O)cc2)ccc1[N+](=O)[O-]. The van der Waals surface area contributed by atoms with Crippen molar-refractivity contribution in [1.29, 1.82) is 5.26 Å². The number of nitro groups is 1. The number of rotatable bonds is 4. The van der Waals surface area contributed by atoms with Gasteiger partial charge in [-0.1, -0.05) is 11.8 Å². The van der Waals surface area contributed by atoms with Crippen molar-refractivity contribution in [2.75, 3.05) is 0 Å². The molecule has 2 rings (SSSR count). The first-order valence-corrected chi connectivity index (χ1v) is 6.39. The summed E-state index contributed by atoms with van der Waals surface area (Å²) in [6.45, 7) is 0. The maximum absolute atomic E-state index is 10.7. The van der Waals surface area contributed by atoms with Crippen LogP contribution in [0.3, 0.4) is 0 Å². The highest BCUT2D eigenvalue weighted by atomic mass is 32.2. The quantitative estimate of drug-likeness (QED) is 0.681. The molecule has 0 saturated heterocycles. The van der Waals surface area contributed by atoms with E-state index in [1.54, 1.807) is 18.2 Å². The highest BCUT2D eigenvalue weighted by molar-refractivity contribution is 7.99. The van der Waals surface area contributed by atoms with Gasteiger partial charge in [-0.15, -0.1) is 0 Å². The number of nitrogens with zero attached hydrogens (tertiary/aromatic N) is 3. The van der Waals surface area contributed by atoms with E-state index >= 15 is 0 Å². The zero-order valence-corrected chi connectivity index (χ0v) is 11.2. The first kappa shape index (κ1) is 14.5. The Bertz CT molecular complexity index is 753. The normalized spacial score (nSPS) is 9.86. The molecule has 7 nitrogen and oxygen atoms in total. The maximum atomic E-state index is 10.7. The molecule has 1 aromatic carbocycles. The van der Waals surface area contributed by atoms with Crippen molar-refractivity contribution >= 4 is 23.4 Å². The Morgan fingerprint density at radius 3 is 2.48 bits per heavy atom. The van der Waals surface area contributed by atoms with Crippen LogP contribution in [-0.2, 0) is 0 Å². The van der Waals surface area contributed by atoms with Gasteiger partial charge in [0.15, 0.2) is 0 Å². The monoisotopic (exact) mass is 301 g/mol. The molecule has 0 saturated carbocycles. The largest absolute Gasteiger partial charge is 0.478 e. The molecule has 104 valence electrons. The maximum Gasteiger partial charge on any atom is 0.335 e. The van der Waals surface area contributed by atoms with Gasteiger partial charge in [-0.25, -0.2) is 9.78 Å². The van der Waals surface area contributed by atoms with Gasteiger partial charge in [0.1, 0.15) is 11.1 Å². The summed E-state index contributed by atoms with van der Waals surface area (Å²) >= 11 is 1.18. The molecule has 0 aliphatic carbocycles. The van der Waals surface area contributed by atoms with Crippen LogP contribution < -0.4 is 0 Å². The fourth-order valence-electron chi connectivity index (χ4n) is 1.51. The van der Waals surface area contributed by atoms with Gasteiger partial charge in [0.05, 0.1) is 10.5 Å². The molecule has 2 aromatic rings. The summed E-state index contributed by atoms with van der Waals surface area (Å²) in [6.07, 6.45) is 0. The van der Waals surface area contributed by atoms with Crippen LogP contribution in [0, 0.1) is 21.4 Å². The fourth-order valence-corrected chi connectivity index (χ4v) is 2.29. The van der Waals surface area contributed by atoms with Crippen LogP contribution in [0.5, 0.6) is 0 Å². The van der Waals surface area contributed by atoms with Gasteiger partial charge in [-0.3, -0.25) is 10.1 Å². The van der Waals surface area contributed by atoms with Gasteiger partial charge in [0, 0.05) is 11.0 Å².